The van der Waals surface area contributed by atoms with Crippen LogP contribution in [0.15, 0.2) is 36.6 Å². The molecule has 1 N–H and O–H groups in total. The second-order valence-electron chi connectivity index (χ2n) is 12.9. The highest BCUT2D eigenvalue weighted by molar-refractivity contribution is 6.35. The molecule has 0 unspecified atom stereocenters. The van der Waals surface area contributed by atoms with Gasteiger partial charge in [0.1, 0.15) is 17.2 Å². The third-order valence-corrected chi connectivity index (χ3v) is 10.2. The van der Waals surface area contributed by atoms with Crippen molar-refractivity contribution in [1.82, 2.24) is 34.8 Å². The molecule has 2 fully saturated rings. The van der Waals surface area contributed by atoms with E-state index in [1.54, 1.807) is 6.20 Å². The lowest BCUT2D eigenvalue weighted by Crippen LogP contribution is -2.57. The third kappa shape index (κ3) is 4.86. The van der Waals surface area contributed by atoms with Crippen molar-refractivity contribution in [1.29, 1.82) is 5.26 Å². The number of aromatic amines is 1. The van der Waals surface area contributed by atoms with E-state index in [2.05, 4.69) is 40.2 Å². The van der Waals surface area contributed by atoms with Gasteiger partial charge in [-0.2, -0.15) is 15.5 Å². The molecule has 5 aromatic rings. The van der Waals surface area contributed by atoms with E-state index in [0.717, 1.165) is 46.0 Å². The van der Waals surface area contributed by atoms with Crippen molar-refractivity contribution in [2.75, 3.05) is 38.6 Å². The predicted octanol–water partition coefficient (Wildman–Crippen LogP) is 7.04. The average molecular weight is 644 g/mol. The van der Waals surface area contributed by atoms with Crippen molar-refractivity contribution in [3.8, 4) is 17.2 Å². The number of halogens is 3. The van der Waals surface area contributed by atoms with Gasteiger partial charge in [-0.05, 0) is 71.0 Å². The Balaban J connectivity index is 1.44. The lowest BCUT2D eigenvalue weighted by atomic mass is 9.92. The molecule has 0 amide bonds. The zero-order chi connectivity index (χ0) is 32.4. The normalized spacial score (nSPS) is 19.5. The smallest absolute Gasteiger partial charge is 0.158 e. The number of nitrogens with one attached hydrogen (secondary N) is 1. The number of rotatable bonds is 6. The van der Waals surface area contributed by atoms with E-state index in [0.29, 0.717) is 47.8 Å². The molecule has 7 rings (SSSR count). The van der Waals surface area contributed by atoms with Crippen LogP contribution in [0.4, 0.5) is 14.6 Å². The number of H-pyrrole nitrogens is 1. The number of nitriles is 1. The summed E-state index contributed by atoms with van der Waals surface area (Å²) in [7, 11) is 4.11. The summed E-state index contributed by atoms with van der Waals surface area (Å²) in [5.41, 5.74) is 4.72. The number of likely N-dealkylation sites (tertiary alicyclic amines) is 1. The van der Waals surface area contributed by atoms with E-state index in [9.17, 15) is 9.65 Å². The van der Waals surface area contributed by atoms with E-state index >= 15 is 4.39 Å². The molecule has 46 heavy (non-hydrogen) atoms. The van der Waals surface area contributed by atoms with Crippen LogP contribution in [0.1, 0.15) is 43.4 Å². The highest BCUT2D eigenvalue weighted by atomic mass is 35.5. The van der Waals surface area contributed by atoms with Crippen molar-refractivity contribution in [2.24, 2.45) is 0 Å². The standard InChI is InChI=1S/C34H36ClF2N9/c1-18-10-28-25(13-39-42-28)29(20(18)3)30-27(35)12-24-32(31(30)37)41-34(45-16-23(17-45)43(4)5)26-14-40-46(33(24)26)22-7-9-44(15-19(2)36)21(11-22)6-8-38/h10,12-15,21-23H,6-7,9,11,16-17H2,1-5H3,(H,39,42)/t21-,22+/m1/s1. The molecule has 0 bridgehead atoms. The molecule has 2 atom stereocenters. The lowest BCUT2D eigenvalue weighted by molar-refractivity contribution is 0.161. The van der Waals surface area contributed by atoms with Gasteiger partial charge in [0.15, 0.2) is 5.82 Å². The molecule has 0 radical (unpaired) electrons. The maximum atomic E-state index is 17.2. The number of benzene rings is 2. The summed E-state index contributed by atoms with van der Waals surface area (Å²) in [6.07, 6.45) is 6.55. The minimum Gasteiger partial charge on any atom is -0.371 e. The zero-order valence-corrected chi connectivity index (χ0v) is 27.3. The van der Waals surface area contributed by atoms with E-state index in [4.69, 9.17) is 21.7 Å². The first-order valence-electron chi connectivity index (χ1n) is 15.6. The fourth-order valence-electron chi connectivity index (χ4n) is 7.19. The molecule has 5 heterocycles. The van der Waals surface area contributed by atoms with Gasteiger partial charge in [0.2, 0.25) is 0 Å². The van der Waals surface area contributed by atoms with Gasteiger partial charge in [-0.15, -0.1) is 0 Å². The Morgan fingerprint density at radius 1 is 1.17 bits per heavy atom. The Labute approximate surface area is 271 Å². The number of nitrogens with zero attached hydrogens (tertiary/aromatic N) is 8. The summed E-state index contributed by atoms with van der Waals surface area (Å²) < 4.78 is 33.0. The van der Waals surface area contributed by atoms with Crippen LogP contribution >= 0.6 is 11.6 Å². The van der Waals surface area contributed by atoms with Crippen LogP contribution in [-0.4, -0.2) is 80.6 Å². The summed E-state index contributed by atoms with van der Waals surface area (Å²) in [6.45, 7) is 7.47. The van der Waals surface area contributed by atoms with Crippen molar-refractivity contribution in [3.05, 3.63) is 58.5 Å². The minimum atomic E-state index is -0.486. The molecule has 0 aliphatic carbocycles. The zero-order valence-electron chi connectivity index (χ0n) is 26.6. The molecule has 2 aliphatic heterocycles. The van der Waals surface area contributed by atoms with E-state index in [1.165, 1.54) is 13.1 Å². The molecule has 238 valence electrons. The van der Waals surface area contributed by atoms with Gasteiger partial charge >= 0.3 is 0 Å². The number of fused-ring (bicyclic) bond motifs is 4. The van der Waals surface area contributed by atoms with Crippen molar-refractivity contribution in [2.45, 2.75) is 58.2 Å². The summed E-state index contributed by atoms with van der Waals surface area (Å²) in [5.74, 6) is -0.0915. The second kappa shape index (κ2) is 11.5. The predicted molar refractivity (Wildman–Crippen MR) is 178 cm³/mol. The van der Waals surface area contributed by atoms with Gasteiger partial charge in [-0.3, -0.25) is 9.78 Å². The Kier molecular flexibility index (Phi) is 7.60. The van der Waals surface area contributed by atoms with Crippen LogP contribution in [0.25, 0.3) is 43.8 Å². The largest absolute Gasteiger partial charge is 0.371 e. The first-order chi connectivity index (χ1) is 22.1. The van der Waals surface area contributed by atoms with Crippen LogP contribution in [0.3, 0.4) is 0 Å². The topological polar surface area (TPSA) is 92.9 Å². The van der Waals surface area contributed by atoms with Crippen LogP contribution < -0.4 is 4.90 Å². The Bertz CT molecular complexity index is 2060. The van der Waals surface area contributed by atoms with Crippen molar-refractivity contribution in [3.63, 3.8) is 0 Å². The number of hydrogen-bond donors (Lipinski definition) is 1. The fourth-order valence-corrected chi connectivity index (χ4v) is 7.47. The summed E-state index contributed by atoms with van der Waals surface area (Å²) >= 11 is 7.04. The van der Waals surface area contributed by atoms with Gasteiger partial charge in [0, 0.05) is 59.8 Å². The van der Waals surface area contributed by atoms with Gasteiger partial charge in [0.05, 0.1) is 52.4 Å². The van der Waals surface area contributed by atoms with E-state index < -0.39 is 5.82 Å². The third-order valence-electron chi connectivity index (χ3n) is 9.86. The number of allylic oxidation sites excluding steroid dienone is 1. The number of pyridine rings is 1. The van der Waals surface area contributed by atoms with Crippen LogP contribution in [0.5, 0.6) is 0 Å². The summed E-state index contributed by atoms with van der Waals surface area (Å²) in [5, 5.41) is 24.2. The first-order valence-corrected chi connectivity index (χ1v) is 16.0. The van der Waals surface area contributed by atoms with Gasteiger partial charge < -0.3 is 14.7 Å². The molecular formula is C34H36ClF2N9. The number of aromatic nitrogens is 5. The number of anilines is 1. The highest BCUT2D eigenvalue weighted by Crippen LogP contribution is 2.45. The Morgan fingerprint density at radius 3 is 2.67 bits per heavy atom. The molecule has 9 nitrogen and oxygen atoms in total. The summed E-state index contributed by atoms with van der Waals surface area (Å²) in [4.78, 5) is 11.3. The molecule has 3 aromatic heterocycles. The van der Waals surface area contributed by atoms with Crippen LogP contribution in [-0.2, 0) is 0 Å². The number of likely N-dealkylation sites (N-methyl/N-ethyl adjacent to an activating group) is 1. The minimum absolute atomic E-state index is 0.0872. The maximum absolute atomic E-state index is 17.2. The maximum Gasteiger partial charge on any atom is 0.158 e. The number of piperidine rings is 1. The Hall–Kier alpha value is -4.27. The number of hydrogen-bond acceptors (Lipinski definition) is 7. The molecule has 2 aromatic carbocycles. The highest BCUT2D eigenvalue weighted by Gasteiger charge is 2.35. The van der Waals surface area contributed by atoms with Gasteiger partial charge in [-0.25, -0.2) is 13.8 Å². The van der Waals surface area contributed by atoms with Gasteiger partial charge in [-0.1, -0.05) is 11.6 Å². The first kappa shape index (κ1) is 30.4. The molecule has 12 heteroatoms. The monoisotopic (exact) mass is 643 g/mol. The second-order valence-corrected chi connectivity index (χ2v) is 13.3. The lowest BCUT2D eigenvalue weighted by Gasteiger charge is -2.43. The molecular weight excluding hydrogens is 608 g/mol. The molecule has 2 aliphatic rings. The van der Waals surface area contributed by atoms with Crippen LogP contribution in [0, 0.1) is 31.0 Å². The quantitative estimate of drug-likeness (QED) is 0.212. The van der Waals surface area contributed by atoms with Gasteiger partial charge in [0.25, 0.3) is 0 Å². The molecule has 2 saturated heterocycles. The number of aryl methyl sites for hydroxylation is 1. The molecule has 0 saturated carbocycles. The summed E-state index contributed by atoms with van der Waals surface area (Å²) in [6, 6.07) is 6.19. The van der Waals surface area contributed by atoms with Crippen molar-refractivity contribution < 1.29 is 8.78 Å². The van der Waals surface area contributed by atoms with Crippen molar-refractivity contribution >= 4 is 50.1 Å². The SMILES string of the molecule is CC(F)=CN1CC[C@H](n2ncc3c(N4CC(N(C)C)C4)nc4c(F)c(-c5c(C)c(C)cc6[nH]ncc56)c(Cl)cc4c32)C[C@H]1CC#N. The fraction of sp³-hybridized carbons (Fsp3) is 0.412. The van der Waals surface area contributed by atoms with Crippen LogP contribution in [0.2, 0.25) is 5.02 Å². The Morgan fingerprint density at radius 2 is 1.96 bits per heavy atom. The van der Waals surface area contributed by atoms with E-state index in [-0.39, 0.29) is 34.9 Å². The average Bonchev–Trinajstić information content (AvgIpc) is 3.63. The molecule has 0 spiro atoms. The van der Waals surface area contributed by atoms with E-state index in [1.807, 2.05) is 41.8 Å².